The minimum Gasteiger partial charge on any atom is -0.321 e. The van der Waals surface area contributed by atoms with E-state index in [1.54, 1.807) is 13.8 Å². The summed E-state index contributed by atoms with van der Waals surface area (Å²) in [5.41, 5.74) is 5.33. The van der Waals surface area contributed by atoms with Crippen LogP contribution in [0.4, 0.5) is 14.5 Å². The normalized spacial score (nSPS) is 12.6. The van der Waals surface area contributed by atoms with E-state index in [4.69, 9.17) is 17.3 Å². The number of carbonyl (C=O) groups excluding carboxylic acids is 1. The molecule has 1 atom stereocenters. The molecule has 1 aromatic rings. The molecule has 17 heavy (non-hydrogen) atoms. The van der Waals surface area contributed by atoms with Crippen LogP contribution < -0.4 is 11.1 Å². The second-order valence-corrected chi connectivity index (χ2v) is 4.41. The van der Waals surface area contributed by atoms with E-state index in [-0.39, 0.29) is 16.6 Å². The maximum absolute atomic E-state index is 13.4. The number of hydrogen-bond acceptors (Lipinski definition) is 2. The highest BCUT2D eigenvalue weighted by Gasteiger charge is 2.20. The Kier molecular flexibility index (Phi) is 4.42. The highest BCUT2D eigenvalue weighted by atomic mass is 35.5. The first-order chi connectivity index (χ1) is 7.82. The summed E-state index contributed by atoms with van der Waals surface area (Å²) < 4.78 is 26.1. The summed E-state index contributed by atoms with van der Waals surface area (Å²) in [4.78, 5) is 11.6. The van der Waals surface area contributed by atoms with E-state index in [1.807, 2.05) is 0 Å². The molecule has 94 valence electrons. The predicted octanol–water partition coefficient (Wildman–Crippen LogP) is 2.54. The van der Waals surface area contributed by atoms with Crippen molar-refractivity contribution < 1.29 is 13.6 Å². The van der Waals surface area contributed by atoms with Crippen LogP contribution in [0.3, 0.4) is 0 Å². The van der Waals surface area contributed by atoms with Gasteiger partial charge in [0, 0.05) is 6.07 Å². The van der Waals surface area contributed by atoms with Crippen LogP contribution in [-0.4, -0.2) is 11.9 Å². The Morgan fingerprint density at radius 2 is 2.00 bits per heavy atom. The Bertz CT molecular complexity index is 414. The molecule has 6 heteroatoms. The first-order valence-corrected chi connectivity index (χ1v) is 5.41. The molecule has 1 rings (SSSR count). The lowest BCUT2D eigenvalue weighted by atomic mass is 10.0. The van der Waals surface area contributed by atoms with Crippen LogP contribution in [-0.2, 0) is 4.79 Å². The lowest BCUT2D eigenvalue weighted by Crippen LogP contribution is -2.40. The van der Waals surface area contributed by atoms with E-state index in [2.05, 4.69) is 5.32 Å². The molecule has 1 aromatic carbocycles. The van der Waals surface area contributed by atoms with Gasteiger partial charge in [0.1, 0.15) is 5.82 Å². The molecule has 0 aliphatic rings. The van der Waals surface area contributed by atoms with Gasteiger partial charge in [-0.1, -0.05) is 25.4 Å². The summed E-state index contributed by atoms with van der Waals surface area (Å²) in [6, 6.07) is 0.777. The molecule has 3 N–H and O–H groups in total. The second kappa shape index (κ2) is 5.42. The van der Waals surface area contributed by atoms with Crippen LogP contribution in [0, 0.1) is 17.6 Å². The number of anilines is 1. The second-order valence-electron chi connectivity index (χ2n) is 4.00. The van der Waals surface area contributed by atoms with Gasteiger partial charge in [0.15, 0.2) is 5.82 Å². The summed E-state index contributed by atoms with van der Waals surface area (Å²) in [5.74, 6) is -2.40. The van der Waals surface area contributed by atoms with Crippen molar-refractivity contribution in [3.8, 4) is 0 Å². The number of benzene rings is 1. The maximum atomic E-state index is 13.4. The zero-order valence-corrected chi connectivity index (χ0v) is 10.2. The lowest BCUT2D eigenvalue weighted by molar-refractivity contribution is -0.118. The van der Waals surface area contributed by atoms with Gasteiger partial charge in [-0.2, -0.15) is 0 Å². The van der Waals surface area contributed by atoms with Crippen molar-refractivity contribution in [1.82, 2.24) is 0 Å². The van der Waals surface area contributed by atoms with E-state index in [0.717, 1.165) is 6.07 Å². The molecule has 0 aliphatic heterocycles. The summed E-state index contributed by atoms with van der Waals surface area (Å²) >= 11 is 5.63. The Labute approximate surface area is 103 Å². The number of carbonyl (C=O) groups is 1. The molecule has 0 fully saturated rings. The molecule has 1 amide bonds. The fraction of sp³-hybridized carbons (Fsp3) is 0.364. The van der Waals surface area contributed by atoms with Gasteiger partial charge in [0.25, 0.3) is 0 Å². The highest BCUT2D eigenvalue weighted by Crippen LogP contribution is 2.26. The van der Waals surface area contributed by atoms with Gasteiger partial charge < -0.3 is 11.1 Å². The molecule has 0 aliphatic carbocycles. The molecular formula is C11H13ClF2N2O. The standard InChI is InChI=1S/C11H13ClF2N2O/c1-5(2)9(15)11(17)16-10-7(12)3-6(13)4-8(10)14/h3-5,9H,15H2,1-2H3,(H,16,17)/t9-/m0/s1. The van der Waals surface area contributed by atoms with Crippen LogP contribution in [0.5, 0.6) is 0 Å². The Morgan fingerprint density at radius 3 is 2.47 bits per heavy atom. The van der Waals surface area contributed by atoms with Crippen molar-refractivity contribution in [2.45, 2.75) is 19.9 Å². The van der Waals surface area contributed by atoms with Crippen LogP contribution in [0.1, 0.15) is 13.8 Å². The summed E-state index contributed by atoms with van der Waals surface area (Å²) in [5, 5.41) is 2.05. The molecule has 0 unspecified atom stereocenters. The first-order valence-electron chi connectivity index (χ1n) is 5.04. The van der Waals surface area contributed by atoms with Gasteiger partial charge in [-0.15, -0.1) is 0 Å². The van der Waals surface area contributed by atoms with Crippen molar-refractivity contribution in [3.05, 3.63) is 28.8 Å². The number of halogens is 3. The van der Waals surface area contributed by atoms with E-state index in [1.165, 1.54) is 0 Å². The monoisotopic (exact) mass is 262 g/mol. The van der Waals surface area contributed by atoms with Crippen LogP contribution in [0.2, 0.25) is 5.02 Å². The van der Waals surface area contributed by atoms with Gasteiger partial charge in [-0.05, 0) is 12.0 Å². The Hall–Kier alpha value is -1.20. The quantitative estimate of drug-likeness (QED) is 0.880. The minimum atomic E-state index is -0.931. The summed E-state index contributed by atoms with van der Waals surface area (Å²) in [6.45, 7) is 3.51. The number of hydrogen-bond donors (Lipinski definition) is 2. The van der Waals surface area contributed by atoms with Crippen molar-refractivity contribution in [2.75, 3.05) is 5.32 Å². The topological polar surface area (TPSA) is 55.1 Å². The highest BCUT2D eigenvalue weighted by molar-refractivity contribution is 6.33. The zero-order valence-electron chi connectivity index (χ0n) is 9.43. The molecule has 0 spiro atoms. The fourth-order valence-corrected chi connectivity index (χ4v) is 1.41. The molecule has 0 saturated carbocycles. The maximum Gasteiger partial charge on any atom is 0.241 e. The molecule has 3 nitrogen and oxygen atoms in total. The Balaban J connectivity index is 2.93. The van der Waals surface area contributed by atoms with Gasteiger partial charge >= 0.3 is 0 Å². The van der Waals surface area contributed by atoms with Crippen LogP contribution in [0.25, 0.3) is 0 Å². The number of rotatable bonds is 3. The van der Waals surface area contributed by atoms with E-state index in [9.17, 15) is 13.6 Å². The third-order valence-corrected chi connectivity index (χ3v) is 2.57. The molecule has 0 radical (unpaired) electrons. The number of nitrogens with two attached hydrogens (primary N) is 1. The SMILES string of the molecule is CC(C)[C@H](N)C(=O)Nc1c(F)cc(F)cc1Cl. The third-order valence-electron chi connectivity index (χ3n) is 2.28. The third kappa shape index (κ3) is 3.38. The molecule has 0 bridgehead atoms. The minimum absolute atomic E-state index is 0.0997. The summed E-state index contributed by atoms with van der Waals surface area (Å²) in [6.07, 6.45) is 0. The van der Waals surface area contributed by atoms with Gasteiger partial charge in [0.05, 0.1) is 16.8 Å². The van der Waals surface area contributed by atoms with E-state index in [0.29, 0.717) is 6.07 Å². The smallest absolute Gasteiger partial charge is 0.241 e. The fourth-order valence-electron chi connectivity index (χ4n) is 1.17. The van der Waals surface area contributed by atoms with E-state index < -0.39 is 23.6 Å². The van der Waals surface area contributed by atoms with Gasteiger partial charge in [-0.25, -0.2) is 8.78 Å². The van der Waals surface area contributed by atoms with E-state index >= 15 is 0 Å². The largest absolute Gasteiger partial charge is 0.321 e. The average molecular weight is 263 g/mol. The zero-order chi connectivity index (χ0) is 13.2. The van der Waals surface area contributed by atoms with Crippen molar-refractivity contribution in [2.24, 2.45) is 11.7 Å². The molecule has 0 aromatic heterocycles. The number of nitrogens with one attached hydrogen (secondary N) is 1. The van der Waals surface area contributed by atoms with Crippen LogP contribution in [0.15, 0.2) is 12.1 Å². The number of amides is 1. The lowest BCUT2D eigenvalue weighted by Gasteiger charge is -2.16. The van der Waals surface area contributed by atoms with Crippen molar-refractivity contribution in [3.63, 3.8) is 0 Å². The summed E-state index contributed by atoms with van der Waals surface area (Å²) in [7, 11) is 0. The van der Waals surface area contributed by atoms with Crippen molar-refractivity contribution >= 4 is 23.2 Å². The predicted molar refractivity (Wildman–Crippen MR) is 62.8 cm³/mol. The van der Waals surface area contributed by atoms with Gasteiger partial charge in [-0.3, -0.25) is 4.79 Å². The Morgan fingerprint density at radius 1 is 1.41 bits per heavy atom. The molecule has 0 saturated heterocycles. The first kappa shape index (κ1) is 13.9. The van der Waals surface area contributed by atoms with Gasteiger partial charge in [0.2, 0.25) is 5.91 Å². The average Bonchev–Trinajstić information content (AvgIpc) is 2.21. The molecule has 0 heterocycles. The molecular weight excluding hydrogens is 250 g/mol. The van der Waals surface area contributed by atoms with Crippen LogP contribution >= 0.6 is 11.6 Å². The van der Waals surface area contributed by atoms with Crippen molar-refractivity contribution in [1.29, 1.82) is 0 Å².